The number of hydrogen-bond donors (Lipinski definition) is 0. The summed E-state index contributed by atoms with van der Waals surface area (Å²) in [5.41, 5.74) is 0.551. The molecule has 3 rings (SSSR count). The van der Waals surface area contributed by atoms with Gasteiger partial charge in [0.05, 0.1) is 11.1 Å². The van der Waals surface area contributed by atoms with Gasteiger partial charge >= 0.3 is 5.97 Å². The van der Waals surface area contributed by atoms with Crippen LogP contribution in [0.1, 0.15) is 41.0 Å². The second kappa shape index (κ2) is 7.27. The first-order chi connectivity index (χ1) is 12.4. The smallest absolute Gasteiger partial charge is 0.326 e. The van der Waals surface area contributed by atoms with E-state index in [0.717, 1.165) is 11.3 Å². The first-order valence-corrected chi connectivity index (χ1v) is 8.75. The highest BCUT2D eigenvalue weighted by atomic mass is 16.5. The van der Waals surface area contributed by atoms with Crippen molar-refractivity contribution in [1.29, 1.82) is 0 Å². The molecular formula is C19H22N2O5. The highest BCUT2D eigenvalue weighted by Crippen LogP contribution is 2.22. The molecule has 0 aliphatic carbocycles. The van der Waals surface area contributed by atoms with Gasteiger partial charge in [0, 0.05) is 13.1 Å². The molecule has 2 aliphatic heterocycles. The normalized spacial score (nSPS) is 22.4. The van der Waals surface area contributed by atoms with Crippen molar-refractivity contribution in [3.8, 4) is 0 Å². The molecule has 2 heterocycles. The maximum Gasteiger partial charge on any atom is 0.326 e. The van der Waals surface area contributed by atoms with E-state index in [0.29, 0.717) is 24.9 Å². The van der Waals surface area contributed by atoms with Gasteiger partial charge in [-0.3, -0.25) is 24.1 Å². The number of nitrogens with zero attached hydrogens (tertiary/aromatic N) is 2. The summed E-state index contributed by atoms with van der Waals surface area (Å²) in [6, 6.07) is 6.41. The van der Waals surface area contributed by atoms with E-state index in [-0.39, 0.29) is 23.6 Å². The van der Waals surface area contributed by atoms with Crippen LogP contribution >= 0.6 is 0 Å². The monoisotopic (exact) mass is 358 g/mol. The van der Waals surface area contributed by atoms with Gasteiger partial charge in [-0.1, -0.05) is 26.0 Å². The molecule has 7 heteroatoms. The highest BCUT2D eigenvalue weighted by Gasteiger charge is 2.36. The minimum absolute atomic E-state index is 0.251. The number of imide groups is 1. The van der Waals surface area contributed by atoms with Crippen molar-refractivity contribution in [2.75, 3.05) is 26.2 Å². The number of hydrogen-bond acceptors (Lipinski definition) is 5. The van der Waals surface area contributed by atoms with E-state index in [1.165, 1.54) is 0 Å². The predicted molar refractivity (Wildman–Crippen MR) is 92.3 cm³/mol. The largest absolute Gasteiger partial charge is 0.454 e. The third kappa shape index (κ3) is 3.61. The zero-order chi connectivity index (χ0) is 18.8. The fourth-order valence-electron chi connectivity index (χ4n) is 3.66. The van der Waals surface area contributed by atoms with Gasteiger partial charge in [0.1, 0.15) is 6.54 Å². The Labute approximate surface area is 151 Å². The molecule has 0 N–H and O–H groups in total. The van der Waals surface area contributed by atoms with Crippen molar-refractivity contribution in [2.24, 2.45) is 11.8 Å². The lowest BCUT2D eigenvalue weighted by Crippen LogP contribution is -2.45. The SMILES string of the molecule is C[C@H]1C[C@H](C)CN(C(=O)COC(=O)CN2C(=O)c3ccccc3C2=O)C1. The van der Waals surface area contributed by atoms with E-state index in [4.69, 9.17) is 4.74 Å². The van der Waals surface area contributed by atoms with Crippen LogP contribution in [0.25, 0.3) is 0 Å². The third-order valence-corrected chi connectivity index (χ3v) is 4.74. The van der Waals surface area contributed by atoms with E-state index < -0.39 is 24.3 Å². The van der Waals surface area contributed by atoms with Crippen molar-refractivity contribution in [3.63, 3.8) is 0 Å². The van der Waals surface area contributed by atoms with Crippen LogP contribution in [0, 0.1) is 11.8 Å². The summed E-state index contributed by atoms with van der Waals surface area (Å²) in [6.07, 6.45) is 1.07. The summed E-state index contributed by atoms with van der Waals surface area (Å²) < 4.78 is 5.01. The van der Waals surface area contributed by atoms with E-state index in [2.05, 4.69) is 13.8 Å². The molecule has 7 nitrogen and oxygen atoms in total. The van der Waals surface area contributed by atoms with Crippen LogP contribution in [0.3, 0.4) is 0 Å². The Morgan fingerprint density at radius 2 is 1.58 bits per heavy atom. The third-order valence-electron chi connectivity index (χ3n) is 4.74. The molecular weight excluding hydrogens is 336 g/mol. The van der Waals surface area contributed by atoms with Gasteiger partial charge in [0.15, 0.2) is 6.61 Å². The molecule has 1 aromatic rings. The Kier molecular flexibility index (Phi) is 5.06. The number of piperidine rings is 1. The lowest BCUT2D eigenvalue weighted by molar-refractivity contribution is -0.153. The molecule has 0 saturated carbocycles. The molecule has 1 aromatic carbocycles. The van der Waals surface area contributed by atoms with Gasteiger partial charge in [0.2, 0.25) is 0 Å². The van der Waals surface area contributed by atoms with Crippen molar-refractivity contribution in [1.82, 2.24) is 9.80 Å². The zero-order valence-corrected chi connectivity index (χ0v) is 14.9. The van der Waals surface area contributed by atoms with E-state index >= 15 is 0 Å². The van der Waals surface area contributed by atoms with Crippen LogP contribution in [0.5, 0.6) is 0 Å². The van der Waals surface area contributed by atoms with Crippen molar-refractivity contribution >= 4 is 23.7 Å². The zero-order valence-electron chi connectivity index (χ0n) is 14.9. The van der Waals surface area contributed by atoms with Crippen molar-refractivity contribution in [3.05, 3.63) is 35.4 Å². The summed E-state index contributed by atoms with van der Waals surface area (Å²) in [4.78, 5) is 51.3. The van der Waals surface area contributed by atoms with Crippen LogP contribution in [-0.2, 0) is 14.3 Å². The predicted octanol–water partition coefficient (Wildman–Crippen LogP) is 1.33. The Morgan fingerprint density at radius 1 is 1.04 bits per heavy atom. The quantitative estimate of drug-likeness (QED) is 0.599. The maximum absolute atomic E-state index is 12.2. The average molecular weight is 358 g/mol. The number of fused-ring (bicyclic) bond motifs is 1. The maximum atomic E-state index is 12.2. The topological polar surface area (TPSA) is 84.0 Å². The standard InChI is InChI=1S/C19H22N2O5/c1-12-7-13(2)9-20(8-12)16(22)11-26-17(23)10-21-18(24)14-5-3-4-6-15(14)19(21)25/h3-6,12-13H,7-11H2,1-2H3/t12-,13-/m0/s1. The summed E-state index contributed by atoms with van der Waals surface area (Å²) >= 11 is 0. The van der Waals surface area contributed by atoms with Crippen LogP contribution in [0.2, 0.25) is 0 Å². The van der Waals surface area contributed by atoms with Gasteiger partial charge < -0.3 is 9.64 Å². The minimum atomic E-state index is -0.772. The minimum Gasteiger partial charge on any atom is -0.454 e. The average Bonchev–Trinajstić information content (AvgIpc) is 2.84. The van der Waals surface area contributed by atoms with E-state index in [1.807, 2.05) is 0 Å². The summed E-state index contributed by atoms with van der Waals surface area (Å²) in [5.74, 6) is -1.24. The number of benzene rings is 1. The van der Waals surface area contributed by atoms with Crippen LogP contribution in [0.4, 0.5) is 0 Å². The summed E-state index contributed by atoms with van der Waals surface area (Å²) in [5, 5.41) is 0. The van der Waals surface area contributed by atoms with Crippen molar-refractivity contribution < 1.29 is 23.9 Å². The van der Waals surface area contributed by atoms with Gasteiger partial charge in [-0.15, -0.1) is 0 Å². The molecule has 2 aliphatic rings. The Balaban J connectivity index is 1.53. The Bertz CT molecular complexity index is 715. The second-order valence-electron chi connectivity index (χ2n) is 7.15. The number of carbonyl (C=O) groups is 4. The van der Waals surface area contributed by atoms with Gasteiger partial charge in [0.25, 0.3) is 17.7 Å². The lowest BCUT2D eigenvalue weighted by atomic mass is 9.92. The van der Waals surface area contributed by atoms with Crippen molar-refractivity contribution in [2.45, 2.75) is 20.3 Å². The molecule has 1 saturated heterocycles. The highest BCUT2D eigenvalue weighted by molar-refractivity contribution is 6.22. The summed E-state index contributed by atoms with van der Waals surface area (Å²) in [7, 11) is 0. The molecule has 138 valence electrons. The van der Waals surface area contributed by atoms with Crippen LogP contribution < -0.4 is 0 Å². The number of amides is 3. The first kappa shape index (κ1) is 18.1. The molecule has 26 heavy (non-hydrogen) atoms. The number of esters is 1. The van der Waals surface area contributed by atoms with E-state index in [9.17, 15) is 19.2 Å². The van der Waals surface area contributed by atoms with Gasteiger partial charge in [-0.25, -0.2) is 0 Å². The van der Waals surface area contributed by atoms with Gasteiger partial charge in [-0.2, -0.15) is 0 Å². The van der Waals surface area contributed by atoms with Crippen LogP contribution in [-0.4, -0.2) is 59.7 Å². The molecule has 1 fully saturated rings. The van der Waals surface area contributed by atoms with Crippen LogP contribution in [0.15, 0.2) is 24.3 Å². The number of likely N-dealkylation sites (tertiary alicyclic amines) is 1. The molecule has 0 unspecified atom stereocenters. The summed E-state index contributed by atoms with van der Waals surface area (Å²) in [6.45, 7) is 4.61. The molecule has 0 spiro atoms. The van der Waals surface area contributed by atoms with E-state index in [1.54, 1.807) is 29.2 Å². The number of carbonyl (C=O) groups excluding carboxylic acids is 4. The molecule has 2 atom stereocenters. The molecule has 3 amide bonds. The number of ether oxygens (including phenoxy) is 1. The Morgan fingerprint density at radius 3 is 2.12 bits per heavy atom. The van der Waals surface area contributed by atoms with Gasteiger partial charge in [-0.05, 0) is 30.4 Å². The number of rotatable bonds is 4. The molecule has 0 aromatic heterocycles. The fraction of sp³-hybridized carbons (Fsp3) is 0.474. The molecule has 0 bridgehead atoms. The fourth-order valence-corrected chi connectivity index (χ4v) is 3.66. The second-order valence-corrected chi connectivity index (χ2v) is 7.15. The molecule has 0 radical (unpaired) electrons. The first-order valence-electron chi connectivity index (χ1n) is 8.75. The Hall–Kier alpha value is -2.70. The lowest BCUT2D eigenvalue weighted by Gasteiger charge is -2.34.